The lowest BCUT2D eigenvalue weighted by Crippen LogP contribution is -2.54. The first-order valence-electron chi connectivity index (χ1n) is 9.63. The molecule has 25 heavy (non-hydrogen) atoms. The van der Waals surface area contributed by atoms with Gasteiger partial charge in [0.05, 0.1) is 19.3 Å². The van der Waals surface area contributed by atoms with Gasteiger partial charge >= 0.3 is 0 Å². The van der Waals surface area contributed by atoms with E-state index in [0.717, 1.165) is 52.2 Å². The summed E-state index contributed by atoms with van der Waals surface area (Å²) in [4.78, 5) is 15.3. The van der Waals surface area contributed by atoms with Gasteiger partial charge in [-0.25, -0.2) is 0 Å². The van der Waals surface area contributed by atoms with Gasteiger partial charge in [-0.3, -0.25) is 9.69 Å². The van der Waals surface area contributed by atoms with Gasteiger partial charge < -0.3 is 15.4 Å². The number of hydrogen-bond donors (Lipinski definition) is 2. The van der Waals surface area contributed by atoms with Crippen LogP contribution in [0.15, 0.2) is 18.2 Å². The van der Waals surface area contributed by atoms with Crippen LogP contribution in [0.3, 0.4) is 0 Å². The quantitative estimate of drug-likeness (QED) is 0.794. The van der Waals surface area contributed by atoms with E-state index in [1.165, 1.54) is 16.7 Å². The van der Waals surface area contributed by atoms with Crippen LogP contribution in [0, 0.1) is 5.92 Å². The predicted molar refractivity (Wildman–Crippen MR) is 99.1 cm³/mol. The van der Waals surface area contributed by atoms with Crippen LogP contribution in [0.25, 0.3) is 0 Å². The van der Waals surface area contributed by atoms with Crippen molar-refractivity contribution in [2.24, 2.45) is 5.92 Å². The Labute approximate surface area is 151 Å². The zero-order valence-electron chi connectivity index (χ0n) is 15.5. The molecule has 5 heteroatoms. The highest BCUT2D eigenvalue weighted by Gasteiger charge is 2.32. The first kappa shape index (κ1) is 18.4. The molecule has 1 atom stereocenters. The summed E-state index contributed by atoms with van der Waals surface area (Å²) in [6.07, 6.45) is 2.05. The third-order valence-corrected chi connectivity index (χ3v) is 5.57. The van der Waals surface area contributed by atoms with Gasteiger partial charge in [-0.05, 0) is 22.6 Å². The van der Waals surface area contributed by atoms with E-state index in [2.05, 4.69) is 47.6 Å². The van der Waals surface area contributed by atoms with Crippen LogP contribution in [0.5, 0.6) is 0 Å². The molecule has 3 rings (SSSR count). The van der Waals surface area contributed by atoms with Crippen molar-refractivity contribution in [1.29, 1.82) is 0 Å². The second kappa shape index (κ2) is 8.79. The Kier molecular flexibility index (Phi) is 6.45. The number of benzene rings is 1. The standard InChI is InChI=1S/C20H31N3O2/c1-3-16(4-2)19(23-7-9-25-10-8-23)20(24)22-12-15-5-6-17-13-21-14-18(17)11-15/h5-6,11,16,19,21H,3-4,7-10,12-14H2,1-2H3,(H,22,24). The molecule has 1 aromatic carbocycles. The zero-order valence-corrected chi connectivity index (χ0v) is 15.5. The van der Waals surface area contributed by atoms with E-state index in [-0.39, 0.29) is 11.9 Å². The van der Waals surface area contributed by atoms with Gasteiger partial charge in [0, 0.05) is 32.7 Å². The fourth-order valence-corrected chi connectivity index (χ4v) is 4.02. The lowest BCUT2D eigenvalue weighted by molar-refractivity contribution is -0.131. The summed E-state index contributed by atoms with van der Waals surface area (Å²) in [5.74, 6) is 0.552. The van der Waals surface area contributed by atoms with E-state index in [1.54, 1.807) is 0 Å². The highest BCUT2D eigenvalue weighted by molar-refractivity contribution is 5.82. The number of hydrogen-bond acceptors (Lipinski definition) is 4. The van der Waals surface area contributed by atoms with Crippen LogP contribution < -0.4 is 10.6 Å². The van der Waals surface area contributed by atoms with Crippen molar-refractivity contribution in [1.82, 2.24) is 15.5 Å². The molecule has 1 unspecified atom stereocenters. The van der Waals surface area contributed by atoms with Crippen molar-refractivity contribution >= 4 is 5.91 Å². The lowest BCUT2D eigenvalue weighted by atomic mass is 9.91. The van der Waals surface area contributed by atoms with Gasteiger partial charge in [0.15, 0.2) is 0 Å². The molecule has 0 radical (unpaired) electrons. The minimum absolute atomic E-state index is 0.0463. The number of fused-ring (bicyclic) bond motifs is 1. The first-order chi connectivity index (χ1) is 12.2. The van der Waals surface area contributed by atoms with E-state index in [4.69, 9.17) is 4.74 Å². The summed E-state index contributed by atoms with van der Waals surface area (Å²) in [6, 6.07) is 6.48. The number of nitrogens with zero attached hydrogens (tertiary/aromatic N) is 1. The molecule has 1 amide bonds. The molecule has 1 aromatic rings. The average Bonchev–Trinajstić information content (AvgIpc) is 3.12. The van der Waals surface area contributed by atoms with Crippen LogP contribution in [-0.2, 0) is 29.2 Å². The molecule has 138 valence electrons. The second-order valence-corrected chi connectivity index (χ2v) is 7.09. The summed E-state index contributed by atoms with van der Waals surface area (Å²) in [5.41, 5.74) is 3.91. The molecule has 0 bridgehead atoms. The Balaban J connectivity index is 1.65. The smallest absolute Gasteiger partial charge is 0.237 e. The maximum Gasteiger partial charge on any atom is 0.237 e. The molecule has 2 aliphatic rings. The Hall–Kier alpha value is -1.43. The predicted octanol–water partition coefficient (Wildman–Crippen LogP) is 2.04. The molecule has 5 nitrogen and oxygen atoms in total. The van der Waals surface area contributed by atoms with E-state index in [1.807, 2.05) is 0 Å². The van der Waals surface area contributed by atoms with Crippen molar-refractivity contribution in [2.75, 3.05) is 26.3 Å². The maximum atomic E-state index is 13.0. The van der Waals surface area contributed by atoms with Gasteiger partial charge in [-0.15, -0.1) is 0 Å². The van der Waals surface area contributed by atoms with Crippen LogP contribution in [0.2, 0.25) is 0 Å². The third kappa shape index (κ3) is 4.40. The number of rotatable bonds is 7. The van der Waals surface area contributed by atoms with Gasteiger partial charge in [0.1, 0.15) is 0 Å². The number of ether oxygens (including phenoxy) is 1. The third-order valence-electron chi connectivity index (χ3n) is 5.57. The molecule has 0 saturated carbocycles. The average molecular weight is 345 g/mol. The summed E-state index contributed by atoms with van der Waals surface area (Å²) >= 11 is 0. The largest absolute Gasteiger partial charge is 0.379 e. The molecule has 1 saturated heterocycles. The zero-order chi connectivity index (χ0) is 17.6. The normalized spacial score (nSPS) is 19.0. The lowest BCUT2D eigenvalue weighted by Gasteiger charge is -2.37. The highest BCUT2D eigenvalue weighted by atomic mass is 16.5. The summed E-state index contributed by atoms with van der Waals surface area (Å²) in [5, 5.41) is 6.56. The van der Waals surface area contributed by atoms with Crippen LogP contribution in [-0.4, -0.2) is 43.2 Å². The molecule has 0 spiro atoms. The fourth-order valence-electron chi connectivity index (χ4n) is 4.02. The van der Waals surface area contributed by atoms with Crippen molar-refractivity contribution in [3.63, 3.8) is 0 Å². The Morgan fingerprint density at radius 1 is 1.20 bits per heavy atom. The van der Waals surface area contributed by atoms with Crippen LogP contribution in [0.4, 0.5) is 0 Å². The molecule has 2 N–H and O–H groups in total. The van der Waals surface area contributed by atoms with Gasteiger partial charge in [0.25, 0.3) is 0 Å². The monoisotopic (exact) mass is 345 g/mol. The molecule has 1 fully saturated rings. The molecular formula is C20H31N3O2. The van der Waals surface area contributed by atoms with E-state index in [9.17, 15) is 4.79 Å². The van der Waals surface area contributed by atoms with Gasteiger partial charge in [-0.1, -0.05) is 44.9 Å². The number of morpholine rings is 1. The molecule has 2 aliphatic heterocycles. The van der Waals surface area contributed by atoms with E-state index < -0.39 is 0 Å². The first-order valence-corrected chi connectivity index (χ1v) is 9.63. The number of carbonyl (C=O) groups excluding carboxylic acids is 1. The van der Waals surface area contributed by atoms with E-state index >= 15 is 0 Å². The topological polar surface area (TPSA) is 53.6 Å². The minimum atomic E-state index is -0.0463. The number of amides is 1. The minimum Gasteiger partial charge on any atom is -0.379 e. The number of nitrogens with one attached hydrogen (secondary N) is 2. The summed E-state index contributed by atoms with van der Waals surface area (Å²) in [7, 11) is 0. The number of carbonyl (C=O) groups is 1. The highest BCUT2D eigenvalue weighted by Crippen LogP contribution is 2.21. The van der Waals surface area contributed by atoms with Crippen LogP contribution in [0.1, 0.15) is 43.4 Å². The van der Waals surface area contributed by atoms with Crippen molar-refractivity contribution in [2.45, 2.75) is 52.4 Å². The Bertz CT molecular complexity index is 580. The van der Waals surface area contributed by atoms with E-state index in [0.29, 0.717) is 12.5 Å². The fraction of sp³-hybridized carbons (Fsp3) is 0.650. The summed E-state index contributed by atoms with van der Waals surface area (Å²) in [6.45, 7) is 10.00. The van der Waals surface area contributed by atoms with Crippen molar-refractivity contribution < 1.29 is 9.53 Å². The maximum absolute atomic E-state index is 13.0. The molecular weight excluding hydrogens is 314 g/mol. The Morgan fingerprint density at radius 2 is 1.92 bits per heavy atom. The van der Waals surface area contributed by atoms with Gasteiger partial charge in [0.2, 0.25) is 5.91 Å². The molecule has 2 heterocycles. The molecule has 0 aliphatic carbocycles. The second-order valence-electron chi connectivity index (χ2n) is 7.09. The van der Waals surface area contributed by atoms with Crippen molar-refractivity contribution in [3.8, 4) is 0 Å². The summed E-state index contributed by atoms with van der Waals surface area (Å²) < 4.78 is 5.47. The SMILES string of the molecule is CCC(CC)C(C(=O)NCc1ccc2c(c1)CNC2)N1CCOCC1. The van der Waals surface area contributed by atoms with Crippen molar-refractivity contribution in [3.05, 3.63) is 34.9 Å². The van der Waals surface area contributed by atoms with Crippen LogP contribution >= 0.6 is 0 Å². The Morgan fingerprint density at radius 3 is 2.64 bits per heavy atom. The van der Waals surface area contributed by atoms with Gasteiger partial charge in [-0.2, -0.15) is 0 Å². The molecule has 0 aromatic heterocycles.